The smallest absolute Gasteiger partial charge is 0.316 e. The monoisotopic (exact) mass is 152 g/mol. The fourth-order valence-corrected chi connectivity index (χ4v) is 0.668. The molecular formula is C8H12N2O. The van der Waals surface area contributed by atoms with Crippen LogP contribution in [0.3, 0.4) is 0 Å². The number of nitrogens with zero attached hydrogens (tertiary/aromatic N) is 2. The highest BCUT2D eigenvalue weighted by atomic mass is 16.5. The third kappa shape index (κ3) is 2.98. The minimum absolute atomic E-state index is 0.473. The summed E-state index contributed by atoms with van der Waals surface area (Å²) >= 11 is 0. The van der Waals surface area contributed by atoms with Gasteiger partial charge in [0.05, 0.1) is 6.61 Å². The van der Waals surface area contributed by atoms with Crippen molar-refractivity contribution in [3.05, 3.63) is 18.5 Å². The molecule has 0 fully saturated rings. The van der Waals surface area contributed by atoms with Gasteiger partial charge in [0.15, 0.2) is 0 Å². The Hall–Kier alpha value is -1.12. The summed E-state index contributed by atoms with van der Waals surface area (Å²) in [5.74, 6) is 0. The molecule has 1 aromatic heterocycles. The van der Waals surface area contributed by atoms with E-state index in [-0.39, 0.29) is 0 Å². The first-order valence-corrected chi connectivity index (χ1v) is 3.83. The highest BCUT2D eigenvalue weighted by molar-refractivity contribution is 4.92. The number of rotatable bonds is 4. The molecule has 0 aliphatic rings. The molecule has 0 atom stereocenters. The number of unbranched alkanes of at least 4 members (excludes halogenated alkanes) is 1. The third-order valence-corrected chi connectivity index (χ3v) is 1.27. The number of aromatic nitrogens is 2. The van der Waals surface area contributed by atoms with Crippen LogP contribution < -0.4 is 4.74 Å². The first kappa shape index (κ1) is 7.98. The maximum Gasteiger partial charge on any atom is 0.316 e. The Kier molecular flexibility index (Phi) is 3.38. The second-order valence-corrected chi connectivity index (χ2v) is 2.23. The van der Waals surface area contributed by atoms with Gasteiger partial charge in [0, 0.05) is 12.4 Å². The molecular weight excluding hydrogens is 140 g/mol. The second-order valence-electron chi connectivity index (χ2n) is 2.23. The van der Waals surface area contributed by atoms with Crippen LogP contribution in [0.2, 0.25) is 0 Å². The van der Waals surface area contributed by atoms with E-state index in [0.717, 1.165) is 12.8 Å². The lowest BCUT2D eigenvalue weighted by atomic mass is 10.4. The van der Waals surface area contributed by atoms with Crippen LogP contribution in [0, 0.1) is 0 Å². The molecule has 0 bridgehead atoms. The lowest BCUT2D eigenvalue weighted by Gasteiger charge is -2.00. The van der Waals surface area contributed by atoms with Gasteiger partial charge in [0.1, 0.15) is 0 Å². The summed E-state index contributed by atoms with van der Waals surface area (Å²) in [6, 6.07) is 2.24. The zero-order chi connectivity index (χ0) is 7.94. The van der Waals surface area contributed by atoms with Crippen molar-refractivity contribution >= 4 is 0 Å². The largest absolute Gasteiger partial charge is 0.463 e. The lowest BCUT2D eigenvalue weighted by Crippen LogP contribution is -1.99. The number of hydrogen-bond acceptors (Lipinski definition) is 3. The van der Waals surface area contributed by atoms with Gasteiger partial charge in [-0.05, 0) is 12.5 Å². The van der Waals surface area contributed by atoms with Crippen LogP contribution in [-0.2, 0) is 0 Å². The van der Waals surface area contributed by atoms with E-state index in [0.29, 0.717) is 12.6 Å². The van der Waals surface area contributed by atoms with Crippen LogP contribution in [0.5, 0.6) is 6.01 Å². The number of ether oxygens (including phenoxy) is 1. The molecule has 0 saturated heterocycles. The number of hydrogen-bond donors (Lipinski definition) is 0. The van der Waals surface area contributed by atoms with E-state index in [1.807, 2.05) is 0 Å². The van der Waals surface area contributed by atoms with E-state index in [1.165, 1.54) is 0 Å². The van der Waals surface area contributed by atoms with E-state index >= 15 is 0 Å². The fourth-order valence-electron chi connectivity index (χ4n) is 0.668. The van der Waals surface area contributed by atoms with Gasteiger partial charge in [0.2, 0.25) is 0 Å². The predicted molar refractivity (Wildman–Crippen MR) is 42.4 cm³/mol. The molecule has 0 aromatic carbocycles. The summed E-state index contributed by atoms with van der Waals surface area (Å²) < 4.78 is 5.22. The molecule has 0 saturated carbocycles. The molecule has 11 heavy (non-hydrogen) atoms. The van der Waals surface area contributed by atoms with Crippen molar-refractivity contribution in [3.8, 4) is 6.01 Å². The Morgan fingerprint density at radius 2 is 2.09 bits per heavy atom. The van der Waals surface area contributed by atoms with Gasteiger partial charge in [-0.3, -0.25) is 0 Å². The van der Waals surface area contributed by atoms with Crippen LogP contribution >= 0.6 is 0 Å². The van der Waals surface area contributed by atoms with Crippen LogP contribution in [-0.4, -0.2) is 16.6 Å². The molecule has 0 aliphatic carbocycles. The van der Waals surface area contributed by atoms with Gasteiger partial charge >= 0.3 is 6.01 Å². The van der Waals surface area contributed by atoms with E-state index in [4.69, 9.17) is 4.74 Å². The Bertz CT molecular complexity index is 189. The summed E-state index contributed by atoms with van der Waals surface area (Å²) in [5, 5.41) is 0. The Morgan fingerprint density at radius 1 is 1.36 bits per heavy atom. The van der Waals surface area contributed by atoms with Gasteiger partial charge in [-0.1, -0.05) is 13.3 Å². The molecule has 60 valence electrons. The van der Waals surface area contributed by atoms with E-state index in [9.17, 15) is 0 Å². The zero-order valence-corrected chi connectivity index (χ0v) is 6.66. The molecule has 0 aliphatic heterocycles. The topological polar surface area (TPSA) is 35.0 Å². The molecule has 0 radical (unpaired) electrons. The molecule has 0 unspecified atom stereocenters. The highest BCUT2D eigenvalue weighted by Crippen LogP contribution is 1.98. The average Bonchev–Trinajstić information content (AvgIpc) is 2.07. The van der Waals surface area contributed by atoms with Gasteiger partial charge < -0.3 is 4.74 Å². The standard InChI is InChI=1S/C8H12N2O/c1-2-3-7-11-8-9-5-4-6-10-8/h4-6H,2-3,7H2,1H3. The Labute approximate surface area is 66.4 Å². The predicted octanol–water partition coefficient (Wildman–Crippen LogP) is 1.66. The van der Waals surface area contributed by atoms with Crippen molar-refractivity contribution < 1.29 is 4.74 Å². The Morgan fingerprint density at radius 3 is 2.73 bits per heavy atom. The fraction of sp³-hybridized carbons (Fsp3) is 0.500. The minimum Gasteiger partial charge on any atom is -0.463 e. The Balaban J connectivity index is 2.28. The molecule has 0 N–H and O–H groups in total. The van der Waals surface area contributed by atoms with Crippen molar-refractivity contribution in [3.63, 3.8) is 0 Å². The quantitative estimate of drug-likeness (QED) is 0.615. The van der Waals surface area contributed by atoms with Crippen LogP contribution in [0.4, 0.5) is 0 Å². The van der Waals surface area contributed by atoms with Crippen LogP contribution in [0.25, 0.3) is 0 Å². The molecule has 0 amide bonds. The van der Waals surface area contributed by atoms with Crippen molar-refractivity contribution in [2.45, 2.75) is 19.8 Å². The normalized spacial score (nSPS) is 9.55. The van der Waals surface area contributed by atoms with Crippen molar-refractivity contribution in [1.29, 1.82) is 0 Å². The van der Waals surface area contributed by atoms with Gasteiger partial charge in [-0.25, -0.2) is 9.97 Å². The molecule has 3 nitrogen and oxygen atoms in total. The molecule has 1 aromatic rings. The molecule has 1 heterocycles. The lowest BCUT2D eigenvalue weighted by molar-refractivity contribution is 0.285. The van der Waals surface area contributed by atoms with E-state index in [1.54, 1.807) is 18.5 Å². The molecule has 1 rings (SSSR count). The van der Waals surface area contributed by atoms with Crippen LogP contribution in [0.1, 0.15) is 19.8 Å². The third-order valence-electron chi connectivity index (χ3n) is 1.27. The summed E-state index contributed by atoms with van der Waals surface area (Å²) in [5.41, 5.74) is 0. The van der Waals surface area contributed by atoms with E-state index < -0.39 is 0 Å². The summed E-state index contributed by atoms with van der Waals surface area (Å²) in [6.45, 7) is 2.83. The van der Waals surface area contributed by atoms with E-state index in [2.05, 4.69) is 16.9 Å². The maximum absolute atomic E-state index is 5.22. The minimum atomic E-state index is 0.473. The molecule has 0 spiro atoms. The van der Waals surface area contributed by atoms with Gasteiger partial charge in [-0.2, -0.15) is 0 Å². The first-order valence-electron chi connectivity index (χ1n) is 3.83. The molecule has 3 heteroatoms. The van der Waals surface area contributed by atoms with Crippen molar-refractivity contribution in [1.82, 2.24) is 9.97 Å². The average molecular weight is 152 g/mol. The summed E-state index contributed by atoms with van der Waals surface area (Å²) in [4.78, 5) is 7.83. The van der Waals surface area contributed by atoms with Crippen molar-refractivity contribution in [2.75, 3.05) is 6.61 Å². The second kappa shape index (κ2) is 4.66. The maximum atomic E-state index is 5.22. The SMILES string of the molecule is CCCCOc1ncccn1. The van der Waals surface area contributed by atoms with Crippen molar-refractivity contribution in [2.24, 2.45) is 0 Å². The summed E-state index contributed by atoms with van der Waals surface area (Å²) in [7, 11) is 0. The van der Waals surface area contributed by atoms with Crippen LogP contribution in [0.15, 0.2) is 18.5 Å². The highest BCUT2D eigenvalue weighted by Gasteiger charge is 1.91. The summed E-state index contributed by atoms with van der Waals surface area (Å²) in [6.07, 6.45) is 5.54. The first-order chi connectivity index (χ1) is 5.43. The van der Waals surface area contributed by atoms with Gasteiger partial charge in [-0.15, -0.1) is 0 Å². The zero-order valence-electron chi connectivity index (χ0n) is 6.66. The van der Waals surface area contributed by atoms with Gasteiger partial charge in [0.25, 0.3) is 0 Å².